The Labute approximate surface area is 95.0 Å². The van der Waals surface area contributed by atoms with Crippen LogP contribution < -0.4 is 11.1 Å². The van der Waals surface area contributed by atoms with E-state index in [1.807, 2.05) is 0 Å². The first-order valence-electron chi connectivity index (χ1n) is 6.66. The molecule has 0 amide bonds. The summed E-state index contributed by atoms with van der Waals surface area (Å²) in [5, 5.41) is 3.66. The minimum absolute atomic E-state index is 0.457. The lowest BCUT2D eigenvalue weighted by Gasteiger charge is -2.42. The average molecular weight is 212 g/mol. The Kier molecular flexibility index (Phi) is 5.62. The molecule has 2 heteroatoms. The molecule has 0 radical (unpaired) electrons. The summed E-state index contributed by atoms with van der Waals surface area (Å²) >= 11 is 0. The van der Waals surface area contributed by atoms with E-state index < -0.39 is 0 Å². The normalized spacial score (nSPS) is 21.0. The van der Waals surface area contributed by atoms with Crippen LogP contribution >= 0.6 is 0 Å². The van der Waals surface area contributed by atoms with Gasteiger partial charge >= 0.3 is 0 Å². The zero-order chi connectivity index (χ0) is 11.1. The monoisotopic (exact) mass is 212 g/mol. The molecule has 1 atom stereocenters. The lowest BCUT2D eigenvalue weighted by molar-refractivity contribution is 0.135. The van der Waals surface area contributed by atoms with E-state index in [1.54, 1.807) is 0 Å². The van der Waals surface area contributed by atoms with Crippen molar-refractivity contribution in [3.05, 3.63) is 0 Å². The van der Waals surface area contributed by atoms with Crippen molar-refractivity contribution in [2.24, 2.45) is 11.1 Å². The summed E-state index contributed by atoms with van der Waals surface area (Å²) in [5.74, 6) is 0. The zero-order valence-electron chi connectivity index (χ0n) is 10.5. The number of unbranched alkanes of at least 4 members (excludes halogenated alkanes) is 2. The van der Waals surface area contributed by atoms with Crippen molar-refractivity contribution in [1.82, 2.24) is 5.32 Å². The number of hydrogen-bond donors (Lipinski definition) is 2. The van der Waals surface area contributed by atoms with Gasteiger partial charge in [-0.3, -0.25) is 0 Å². The van der Waals surface area contributed by atoms with E-state index in [4.69, 9.17) is 5.73 Å². The summed E-state index contributed by atoms with van der Waals surface area (Å²) in [6, 6.07) is 0.667. The van der Waals surface area contributed by atoms with Gasteiger partial charge in [0.25, 0.3) is 0 Å². The van der Waals surface area contributed by atoms with Crippen LogP contribution in [-0.2, 0) is 0 Å². The van der Waals surface area contributed by atoms with Crippen molar-refractivity contribution < 1.29 is 0 Å². The molecule has 0 aromatic rings. The van der Waals surface area contributed by atoms with Crippen molar-refractivity contribution >= 4 is 0 Å². The highest BCUT2D eigenvalue weighted by Gasteiger charge is 2.35. The Morgan fingerprint density at radius 1 is 1.33 bits per heavy atom. The second-order valence-electron chi connectivity index (χ2n) is 5.34. The second kappa shape index (κ2) is 6.49. The Morgan fingerprint density at radius 2 is 2.07 bits per heavy atom. The van der Waals surface area contributed by atoms with Gasteiger partial charge in [-0.05, 0) is 38.1 Å². The highest BCUT2D eigenvalue weighted by Crippen LogP contribution is 2.39. The maximum atomic E-state index is 5.84. The molecule has 0 bridgehead atoms. The molecule has 15 heavy (non-hydrogen) atoms. The molecule has 1 aliphatic rings. The van der Waals surface area contributed by atoms with E-state index in [9.17, 15) is 0 Å². The van der Waals surface area contributed by atoms with Crippen LogP contribution in [0, 0.1) is 5.41 Å². The van der Waals surface area contributed by atoms with Crippen molar-refractivity contribution in [3.8, 4) is 0 Å². The third-order valence-electron chi connectivity index (χ3n) is 3.91. The predicted octanol–water partition coefficient (Wildman–Crippen LogP) is 2.67. The van der Waals surface area contributed by atoms with Gasteiger partial charge in [0.05, 0.1) is 0 Å². The minimum Gasteiger partial charge on any atom is -0.330 e. The van der Waals surface area contributed by atoms with Gasteiger partial charge in [0.15, 0.2) is 0 Å². The second-order valence-corrected chi connectivity index (χ2v) is 5.34. The van der Waals surface area contributed by atoms with Crippen LogP contribution in [0.3, 0.4) is 0 Å². The summed E-state index contributed by atoms with van der Waals surface area (Å²) in [6.07, 6.45) is 9.40. The smallest absolute Gasteiger partial charge is 0.00389 e. The molecular formula is C13H28N2. The molecule has 1 aliphatic carbocycles. The molecule has 1 fully saturated rings. The van der Waals surface area contributed by atoms with E-state index in [1.165, 1.54) is 44.9 Å². The molecule has 0 spiro atoms. The van der Waals surface area contributed by atoms with E-state index in [-0.39, 0.29) is 0 Å². The number of nitrogens with one attached hydrogen (secondary N) is 1. The van der Waals surface area contributed by atoms with Crippen LogP contribution in [-0.4, -0.2) is 19.1 Å². The molecule has 1 rings (SSSR count). The molecule has 3 N–H and O–H groups in total. The summed E-state index contributed by atoms with van der Waals surface area (Å²) in [7, 11) is 0. The van der Waals surface area contributed by atoms with Gasteiger partial charge in [-0.2, -0.15) is 0 Å². The molecule has 0 aliphatic heterocycles. The summed E-state index contributed by atoms with van der Waals surface area (Å²) < 4.78 is 0. The quantitative estimate of drug-likeness (QED) is 0.607. The van der Waals surface area contributed by atoms with E-state index in [0.717, 1.165) is 13.1 Å². The zero-order valence-corrected chi connectivity index (χ0v) is 10.5. The van der Waals surface area contributed by atoms with Crippen LogP contribution in [0.1, 0.15) is 58.8 Å². The molecular weight excluding hydrogens is 184 g/mol. The lowest BCUT2D eigenvalue weighted by atomic mass is 9.68. The fourth-order valence-corrected chi connectivity index (χ4v) is 2.32. The van der Waals surface area contributed by atoms with Gasteiger partial charge in [-0.25, -0.2) is 0 Å². The Bertz CT molecular complexity index is 158. The van der Waals surface area contributed by atoms with E-state index in [2.05, 4.69) is 19.2 Å². The Morgan fingerprint density at radius 3 is 2.53 bits per heavy atom. The minimum atomic E-state index is 0.457. The number of nitrogens with two attached hydrogens (primary N) is 1. The van der Waals surface area contributed by atoms with Crippen molar-refractivity contribution in [3.63, 3.8) is 0 Å². The highest BCUT2D eigenvalue weighted by molar-refractivity contribution is 4.90. The molecule has 1 saturated carbocycles. The average Bonchev–Trinajstić information content (AvgIpc) is 2.17. The van der Waals surface area contributed by atoms with Crippen LogP contribution in [0.2, 0.25) is 0 Å². The molecule has 0 saturated heterocycles. The Balaban J connectivity index is 2.07. The first-order valence-corrected chi connectivity index (χ1v) is 6.66. The SMILES string of the molecule is CCCCCC(C)NCC1(CN)CCC1. The van der Waals surface area contributed by atoms with Gasteiger partial charge in [0.1, 0.15) is 0 Å². The molecule has 90 valence electrons. The van der Waals surface area contributed by atoms with Crippen molar-refractivity contribution in [2.75, 3.05) is 13.1 Å². The van der Waals surface area contributed by atoms with E-state index in [0.29, 0.717) is 11.5 Å². The summed E-state index contributed by atoms with van der Waals surface area (Å²) in [4.78, 5) is 0. The molecule has 0 heterocycles. The standard InChI is InChI=1S/C13H28N2/c1-3-4-5-7-12(2)15-11-13(10-14)8-6-9-13/h12,15H,3-11,14H2,1-2H3. The molecule has 0 aromatic carbocycles. The fraction of sp³-hybridized carbons (Fsp3) is 1.00. The highest BCUT2D eigenvalue weighted by atomic mass is 14.9. The Hall–Kier alpha value is -0.0800. The maximum absolute atomic E-state index is 5.84. The largest absolute Gasteiger partial charge is 0.330 e. The van der Waals surface area contributed by atoms with Gasteiger partial charge in [-0.15, -0.1) is 0 Å². The third-order valence-corrected chi connectivity index (χ3v) is 3.91. The van der Waals surface area contributed by atoms with Crippen LogP contribution in [0.15, 0.2) is 0 Å². The summed E-state index contributed by atoms with van der Waals surface area (Å²) in [6.45, 7) is 6.56. The maximum Gasteiger partial charge on any atom is 0.00389 e. The fourth-order valence-electron chi connectivity index (χ4n) is 2.32. The molecule has 2 nitrogen and oxygen atoms in total. The van der Waals surface area contributed by atoms with Crippen molar-refractivity contribution in [1.29, 1.82) is 0 Å². The van der Waals surface area contributed by atoms with Gasteiger partial charge in [-0.1, -0.05) is 32.6 Å². The number of rotatable bonds is 8. The van der Waals surface area contributed by atoms with Gasteiger partial charge in [0, 0.05) is 12.6 Å². The van der Waals surface area contributed by atoms with Crippen LogP contribution in [0.25, 0.3) is 0 Å². The van der Waals surface area contributed by atoms with E-state index >= 15 is 0 Å². The van der Waals surface area contributed by atoms with Crippen LogP contribution in [0.4, 0.5) is 0 Å². The first-order chi connectivity index (χ1) is 7.22. The summed E-state index contributed by atoms with van der Waals surface area (Å²) in [5.41, 5.74) is 6.29. The first kappa shape index (κ1) is 13.0. The lowest BCUT2D eigenvalue weighted by Crippen LogP contribution is -2.47. The van der Waals surface area contributed by atoms with Gasteiger partial charge < -0.3 is 11.1 Å². The number of hydrogen-bond acceptors (Lipinski definition) is 2. The topological polar surface area (TPSA) is 38.0 Å². The third kappa shape index (κ3) is 4.12. The molecule has 1 unspecified atom stereocenters. The van der Waals surface area contributed by atoms with Crippen LogP contribution in [0.5, 0.6) is 0 Å². The predicted molar refractivity (Wildman–Crippen MR) is 66.9 cm³/mol. The molecule has 0 aromatic heterocycles. The van der Waals surface area contributed by atoms with Crippen molar-refractivity contribution in [2.45, 2.75) is 64.8 Å². The van der Waals surface area contributed by atoms with Gasteiger partial charge in [0.2, 0.25) is 0 Å².